The molecular formula is C37H41N5O5Si. The predicted molar refractivity (Wildman–Crippen MR) is 188 cm³/mol. The maximum absolute atomic E-state index is 12.9. The smallest absolute Gasteiger partial charge is 0.261 e. The van der Waals surface area contributed by atoms with Gasteiger partial charge in [-0.1, -0.05) is 106 Å². The highest BCUT2D eigenvalue weighted by Gasteiger charge is 2.58. The fourth-order valence-electron chi connectivity index (χ4n) is 6.89. The molecule has 11 heteroatoms. The molecule has 0 radical (unpaired) electrons. The van der Waals surface area contributed by atoms with Gasteiger partial charge in [0.25, 0.3) is 14.2 Å². The fraction of sp³-hybridized carbons (Fsp3) is 0.297. The number of amides is 1. The number of methoxy groups -OCH3 is 1. The summed E-state index contributed by atoms with van der Waals surface area (Å²) in [6.45, 7) is 10.8. The van der Waals surface area contributed by atoms with Gasteiger partial charge in [0.15, 0.2) is 23.2 Å². The first-order valence-corrected chi connectivity index (χ1v) is 17.8. The molecule has 0 aliphatic carbocycles. The number of nitrogens with zero attached hydrogens (tertiary/aromatic N) is 4. The number of hydrogen-bond donors (Lipinski definition) is 2. The number of carbonyl (C=O) groups excluding carboxylic acids is 1. The van der Waals surface area contributed by atoms with Gasteiger partial charge in [-0.3, -0.25) is 9.36 Å². The van der Waals surface area contributed by atoms with Crippen molar-refractivity contribution in [3.05, 3.63) is 122 Å². The molecule has 2 N–H and O–H groups in total. The number of ether oxygens (including phenoxy) is 2. The fourth-order valence-corrected chi connectivity index (χ4v) is 11.5. The molecule has 3 aromatic carbocycles. The van der Waals surface area contributed by atoms with E-state index in [2.05, 4.69) is 71.9 Å². The highest BCUT2D eigenvalue weighted by molar-refractivity contribution is 6.99. The predicted octanol–water partition coefficient (Wildman–Crippen LogP) is 4.87. The minimum absolute atomic E-state index is 0.123. The second-order valence-electron chi connectivity index (χ2n) is 13.0. The van der Waals surface area contributed by atoms with Crippen molar-refractivity contribution in [3.8, 4) is 0 Å². The Morgan fingerprint density at radius 3 is 2.17 bits per heavy atom. The van der Waals surface area contributed by atoms with E-state index >= 15 is 0 Å². The highest BCUT2D eigenvalue weighted by Crippen LogP contribution is 2.45. The Morgan fingerprint density at radius 1 is 1.00 bits per heavy atom. The lowest BCUT2D eigenvalue weighted by Gasteiger charge is -2.45. The van der Waals surface area contributed by atoms with E-state index in [0.29, 0.717) is 23.1 Å². The molecule has 0 saturated carbocycles. The van der Waals surface area contributed by atoms with Crippen molar-refractivity contribution >= 4 is 41.6 Å². The van der Waals surface area contributed by atoms with Gasteiger partial charge >= 0.3 is 0 Å². The third-order valence-electron chi connectivity index (χ3n) is 9.07. The number of nitrogens with one attached hydrogen (secondary N) is 1. The lowest BCUT2D eigenvalue weighted by molar-refractivity contribution is -0.128. The molecule has 1 aliphatic rings. The van der Waals surface area contributed by atoms with Gasteiger partial charge in [-0.2, -0.15) is 0 Å². The monoisotopic (exact) mass is 663 g/mol. The quantitative estimate of drug-likeness (QED) is 0.152. The van der Waals surface area contributed by atoms with E-state index in [1.54, 1.807) is 42.0 Å². The minimum atomic E-state index is -2.97. The summed E-state index contributed by atoms with van der Waals surface area (Å²) in [6, 6.07) is 29.6. The lowest BCUT2D eigenvalue weighted by Crippen LogP contribution is -2.68. The van der Waals surface area contributed by atoms with Crippen molar-refractivity contribution in [3.63, 3.8) is 0 Å². The third kappa shape index (κ3) is 5.88. The molecule has 4 atom stereocenters. The Hall–Kier alpha value is -4.52. The summed E-state index contributed by atoms with van der Waals surface area (Å²) in [5.74, 6) is -0.0806. The van der Waals surface area contributed by atoms with Crippen molar-refractivity contribution in [2.24, 2.45) is 0 Å². The Labute approximate surface area is 281 Å². The first-order valence-electron chi connectivity index (χ1n) is 15.9. The van der Waals surface area contributed by atoms with Crippen molar-refractivity contribution < 1.29 is 23.8 Å². The van der Waals surface area contributed by atoms with E-state index in [1.807, 2.05) is 42.5 Å². The average Bonchev–Trinajstić information content (AvgIpc) is 3.64. The van der Waals surface area contributed by atoms with Crippen LogP contribution in [0.4, 0.5) is 5.82 Å². The SMILES string of the molecule is C=CC[C@]1(CO[Si](c2ccccc2)(c2ccccc2)C(C)(C)C)O[C@@H](n2cnc3c(NC(=O)c4ccccc4)ncnc32)[C@H](O)[C@@H]1OC. The van der Waals surface area contributed by atoms with Crippen LogP contribution < -0.4 is 15.7 Å². The van der Waals surface area contributed by atoms with Gasteiger partial charge < -0.3 is 24.3 Å². The highest BCUT2D eigenvalue weighted by atomic mass is 28.4. The molecule has 2 aromatic heterocycles. The first-order chi connectivity index (χ1) is 23.1. The summed E-state index contributed by atoms with van der Waals surface area (Å²) in [6.07, 6.45) is 2.15. The summed E-state index contributed by atoms with van der Waals surface area (Å²) in [5.41, 5.74) is 0.115. The van der Waals surface area contributed by atoms with Crippen molar-refractivity contribution in [1.29, 1.82) is 0 Å². The zero-order valence-corrected chi connectivity index (χ0v) is 28.6. The van der Waals surface area contributed by atoms with Crippen molar-refractivity contribution in [1.82, 2.24) is 19.5 Å². The molecule has 248 valence electrons. The van der Waals surface area contributed by atoms with E-state index in [9.17, 15) is 9.90 Å². The number of anilines is 1. The van der Waals surface area contributed by atoms with Gasteiger partial charge in [0.1, 0.15) is 24.1 Å². The average molecular weight is 664 g/mol. The Balaban J connectivity index is 1.37. The van der Waals surface area contributed by atoms with Crippen LogP contribution in [0.5, 0.6) is 0 Å². The van der Waals surface area contributed by atoms with Crippen LogP contribution in [-0.2, 0) is 13.9 Å². The van der Waals surface area contributed by atoms with E-state index in [4.69, 9.17) is 13.9 Å². The molecule has 0 spiro atoms. The van der Waals surface area contributed by atoms with E-state index in [0.717, 1.165) is 10.4 Å². The van der Waals surface area contributed by atoms with Gasteiger partial charge in [-0.05, 0) is 34.0 Å². The molecule has 10 nitrogen and oxygen atoms in total. The molecule has 1 amide bonds. The maximum atomic E-state index is 12.9. The number of benzene rings is 3. The van der Waals surface area contributed by atoms with Gasteiger partial charge in [-0.25, -0.2) is 15.0 Å². The van der Waals surface area contributed by atoms with Gasteiger partial charge in [-0.15, -0.1) is 6.58 Å². The van der Waals surface area contributed by atoms with Crippen LogP contribution in [0.3, 0.4) is 0 Å². The summed E-state index contributed by atoms with van der Waals surface area (Å²) in [5, 5.41) is 16.7. The van der Waals surface area contributed by atoms with Crippen molar-refractivity contribution in [2.45, 2.75) is 56.3 Å². The van der Waals surface area contributed by atoms with Gasteiger partial charge in [0.2, 0.25) is 0 Å². The van der Waals surface area contributed by atoms with E-state index in [-0.39, 0.29) is 23.4 Å². The Morgan fingerprint density at radius 2 is 1.60 bits per heavy atom. The Kier molecular flexibility index (Phi) is 9.41. The van der Waals surface area contributed by atoms with Gasteiger partial charge in [0.05, 0.1) is 12.9 Å². The molecule has 6 rings (SSSR count). The number of rotatable bonds is 11. The minimum Gasteiger partial charge on any atom is -0.404 e. The van der Waals surface area contributed by atoms with Crippen LogP contribution in [0.25, 0.3) is 11.2 Å². The molecular weight excluding hydrogens is 623 g/mol. The maximum Gasteiger partial charge on any atom is 0.261 e. The van der Waals surface area contributed by atoms with E-state index < -0.39 is 32.4 Å². The van der Waals surface area contributed by atoms with Crippen LogP contribution >= 0.6 is 0 Å². The van der Waals surface area contributed by atoms with Crippen LogP contribution in [-0.4, -0.2) is 70.4 Å². The number of imidazole rings is 1. The number of aromatic nitrogens is 4. The topological polar surface area (TPSA) is 121 Å². The molecule has 3 heterocycles. The zero-order valence-electron chi connectivity index (χ0n) is 27.6. The summed E-state index contributed by atoms with van der Waals surface area (Å²) in [7, 11) is -1.41. The number of fused-ring (bicyclic) bond motifs is 1. The van der Waals surface area contributed by atoms with Crippen LogP contribution in [0.2, 0.25) is 5.04 Å². The molecule has 0 unspecified atom stereocenters. The van der Waals surface area contributed by atoms with E-state index in [1.165, 1.54) is 12.7 Å². The second kappa shape index (κ2) is 13.5. The molecule has 5 aromatic rings. The third-order valence-corrected chi connectivity index (χ3v) is 14.1. The number of hydrogen-bond acceptors (Lipinski definition) is 8. The van der Waals surface area contributed by atoms with Crippen LogP contribution in [0.1, 0.15) is 43.8 Å². The normalized spacial score (nSPS) is 21.3. The first kappa shape index (κ1) is 33.4. The second-order valence-corrected chi connectivity index (χ2v) is 17.3. The van der Waals surface area contributed by atoms with Crippen LogP contribution in [0, 0.1) is 0 Å². The summed E-state index contributed by atoms with van der Waals surface area (Å²) < 4.78 is 21.8. The summed E-state index contributed by atoms with van der Waals surface area (Å²) in [4.78, 5) is 26.2. The number of aliphatic hydroxyl groups is 1. The molecule has 1 aliphatic heterocycles. The molecule has 0 bridgehead atoms. The zero-order chi connectivity index (χ0) is 33.9. The summed E-state index contributed by atoms with van der Waals surface area (Å²) >= 11 is 0. The molecule has 1 fully saturated rings. The van der Waals surface area contributed by atoms with Gasteiger partial charge in [0, 0.05) is 12.7 Å². The molecule has 48 heavy (non-hydrogen) atoms. The number of aliphatic hydroxyl groups excluding tert-OH is 1. The van der Waals surface area contributed by atoms with Crippen LogP contribution in [0.15, 0.2) is 116 Å². The largest absolute Gasteiger partial charge is 0.404 e. The van der Waals surface area contributed by atoms with Crippen molar-refractivity contribution in [2.75, 3.05) is 19.0 Å². The number of carbonyl (C=O) groups is 1. The standard InChI is InChI=1S/C37H41N5O5Si/c1-6-22-37(23-46-48(36(2,3)4,27-18-12-8-13-19-27)28-20-14-9-15-21-28)31(45-5)30(43)35(47-37)42-25-40-29-32(38-24-39-33(29)42)41-34(44)26-16-10-7-11-17-26/h6-21,24-25,30-31,35,43H,1,22-23H2,2-5H3,(H,38,39,41,44)/t30-,31+,35-,37-/m1/s1. The Bertz CT molecular complexity index is 1830. The lowest BCUT2D eigenvalue weighted by atomic mass is 9.92. The molecule has 1 saturated heterocycles.